The van der Waals surface area contributed by atoms with Gasteiger partial charge in [-0.25, -0.2) is 14.5 Å². The van der Waals surface area contributed by atoms with E-state index in [2.05, 4.69) is 14.5 Å². The molecule has 4 amide bonds. The largest absolute Gasteiger partial charge is 0.573 e. The molecule has 2 aliphatic rings. The Labute approximate surface area is 246 Å². The lowest BCUT2D eigenvalue weighted by Gasteiger charge is -2.33. The number of aromatic nitrogens is 1. The first-order valence-corrected chi connectivity index (χ1v) is 13.3. The maximum atomic E-state index is 13.5. The Hall–Kier alpha value is -4.41. The highest BCUT2D eigenvalue weighted by Gasteiger charge is 2.52. The van der Waals surface area contributed by atoms with Gasteiger partial charge in [-0.15, -0.1) is 13.2 Å². The van der Waals surface area contributed by atoms with Crippen LogP contribution in [-0.2, 0) is 25.7 Å². The minimum absolute atomic E-state index is 0.0163. The van der Waals surface area contributed by atoms with Crippen molar-refractivity contribution >= 4 is 35.2 Å². The molecule has 44 heavy (non-hydrogen) atoms. The maximum absolute atomic E-state index is 13.5. The number of alkyl halides is 6. The number of carbonyl (C=O) groups is 4. The van der Waals surface area contributed by atoms with Crippen molar-refractivity contribution in [3.05, 3.63) is 48.3 Å². The number of halogens is 6. The van der Waals surface area contributed by atoms with Crippen LogP contribution in [-0.4, -0.2) is 76.0 Å². The van der Waals surface area contributed by atoms with Gasteiger partial charge in [0.1, 0.15) is 5.54 Å². The van der Waals surface area contributed by atoms with Gasteiger partial charge in [0.2, 0.25) is 6.23 Å². The van der Waals surface area contributed by atoms with Crippen LogP contribution in [0.15, 0.2) is 42.7 Å². The third-order valence-corrected chi connectivity index (χ3v) is 7.02. The van der Waals surface area contributed by atoms with Crippen LogP contribution in [0.5, 0.6) is 5.75 Å². The highest BCUT2D eigenvalue weighted by atomic mass is 19.4. The van der Waals surface area contributed by atoms with Crippen molar-refractivity contribution in [2.75, 3.05) is 23.3 Å². The zero-order chi connectivity index (χ0) is 32.4. The second kappa shape index (κ2) is 12.3. The number of carbonyl (C=O) groups excluding carboxylic acids is 4. The second-order valence-electron chi connectivity index (χ2n) is 10.5. The van der Waals surface area contributed by atoms with Crippen molar-refractivity contribution in [3.63, 3.8) is 0 Å². The molecule has 238 valence electrons. The van der Waals surface area contributed by atoms with Gasteiger partial charge < -0.3 is 19.7 Å². The highest BCUT2D eigenvalue weighted by molar-refractivity contribution is 6.23. The van der Waals surface area contributed by atoms with E-state index in [1.165, 1.54) is 31.1 Å². The molecule has 17 heteroatoms. The summed E-state index contributed by atoms with van der Waals surface area (Å²) in [6.07, 6.45) is -8.30. The molecule has 1 N–H and O–H groups in total. The highest BCUT2D eigenvalue weighted by Crippen LogP contribution is 2.38. The number of rotatable bonds is 8. The fourth-order valence-electron chi connectivity index (χ4n) is 4.78. The Morgan fingerprint density at radius 1 is 1.00 bits per heavy atom. The number of esters is 1. The number of ether oxygens (including phenoxy) is 2. The van der Waals surface area contributed by atoms with Gasteiger partial charge in [-0.3, -0.25) is 19.5 Å². The minimum Gasteiger partial charge on any atom is -0.430 e. The number of hydrogen-bond acceptors (Lipinski definition) is 8. The average molecular weight is 632 g/mol. The number of anilines is 2. The number of amides is 4. The predicted molar refractivity (Wildman–Crippen MR) is 140 cm³/mol. The third-order valence-electron chi connectivity index (χ3n) is 7.02. The molecule has 11 nitrogen and oxygen atoms in total. The first-order chi connectivity index (χ1) is 20.5. The molecular weight excluding hydrogens is 604 g/mol. The number of imide groups is 1. The summed E-state index contributed by atoms with van der Waals surface area (Å²) in [5, 5.41) is 2.03. The number of likely N-dealkylation sites (tertiary alicyclic amines) is 1. The lowest BCUT2D eigenvalue weighted by molar-refractivity contribution is -0.274. The smallest absolute Gasteiger partial charge is 0.430 e. The van der Waals surface area contributed by atoms with E-state index >= 15 is 0 Å². The number of piperidine rings is 1. The topological polar surface area (TPSA) is 121 Å². The molecule has 2 aliphatic heterocycles. The van der Waals surface area contributed by atoms with Crippen LogP contribution in [0.25, 0.3) is 0 Å². The minimum atomic E-state index is -5.45. The number of nitrogens with zero attached hydrogens (tertiary/aromatic N) is 4. The van der Waals surface area contributed by atoms with Gasteiger partial charge in [-0.2, -0.15) is 13.2 Å². The summed E-state index contributed by atoms with van der Waals surface area (Å²) in [4.78, 5) is 58.7. The second-order valence-corrected chi connectivity index (χ2v) is 10.5. The summed E-state index contributed by atoms with van der Waals surface area (Å²) < 4.78 is 87.1. The summed E-state index contributed by atoms with van der Waals surface area (Å²) >= 11 is 0. The van der Waals surface area contributed by atoms with E-state index in [9.17, 15) is 45.5 Å². The SMILES string of the molecule is CC1(C)C(=O)N(c2ccc(OC(F)(F)F)c(NC(=O)C(OC(=O)C(F)(F)F)N3CCCCC3)c2)C(=O)N1Cc1ccncc1. The van der Waals surface area contributed by atoms with Crippen molar-refractivity contribution < 1.29 is 55.0 Å². The van der Waals surface area contributed by atoms with Gasteiger partial charge >= 0.3 is 24.5 Å². The summed E-state index contributed by atoms with van der Waals surface area (Å²) in [6, 6.07) is 4.96. The van der Waals surface area contributed by atoms with E-state index in [1.54, 1.807) is 12.1 Å². The van der Waals surface area contributed by atoms with Gasteiger partial charge in [0.25, 0.3) is 11.8 Å². The first kappa shape index (κ1) is 32.5. The van der Waals surface area contributed by atoms with Crippen molar-refractivity contribution in [2.24, 2.45) is 0 Å². The zero-order valence-electron chi connectivity index (χ0n) is 23.4. The fourth-order valence-corrected chi connectivity index (χ4v) is 4.78. The van der Waals surface area contributed by atoms with Crippen LogP contribution in [0.2, 0.25) is 0 Å². The quantitative estimate of drug-likeness (QED) is 0.255. The zero-order valence-corrected chi connectivity index (χ0v) is 23.4. The molecule has 2 aromatic rings. The predicted octanol–water partition coefficient (Wildman–Crippen LogP) is 4.58. The number of urea groups is 1. The molecule has 1 atom stereocenters. The van der Waals surface area contributed by atoms with Crippen molar-refractivity contribution in [3.8, 4) is 5.75 Å². The molecule has 1 aromatic carbocycles. The van der Waals surface area contributed by atoms with Gasteiger partial charge in [-0.1, -0.05) is 6.42 Å². The van der Waals surface area contributed by atoms with Gasteiger partial charge in [0.15, 0.2) is 5.75 Å². The summed E-state index contributed by atoms with van der Waals surface area (Å²) in [6.45, 7) is 3.05. The molecule has 4 rings (SSSR count). The number of benzene rings is 1. The standard InChI is InChI=1S/C27H27F6N5O6/c1-25(2)22(40)38(24(42)37(25)15-16-8-10-34-11-9-16)17-6-7-19(44-27(31,32)33)18(14-17)35-20(39)21(36-12-4-3-5-13-36)43-23(41)26(28,29)30/h6-11,14,21H,3-5,12-13,15H2,1-2H3,(H,35,39). The Kier molecular flexibility index (Phi) is 9.08. The third kappa shape index (κ3) is 7.20. The molecule has 0 bridgehead atoms. The van der Waals surface area contributed by atoms with E-state index in [1.807, 2.05) is 5.32 Å². The molecule has 0 spiro atoms. The molecule has 1 aromatic heterocycles. The molecule has 0 radical (unpaired) electrons. The average Bonchev–Trinajstić information content (AvgIpc) is 3.11. The monoisotopic (exact) mass is 631 g/mol. The Bertz CT molecular complexity index is 1410. The van der Waals surface area contributed by atoms with E-state index in [4.69, 9.17) is 0 Å². The summed E-state index contributed by atoms with van der Waals surface area (Å²) in [7, 11) is 0. The van der Waals surface area contributed by atoms with Crippen molar-refractivity contribution in [1.82, 2.24) is 14.8 Å². The molecule has 0 saturated carbocycles. The lowest BCUT2D eigenvalue weighted by atomic mass is 10.0. The van der Waals surface area contributed by atoms with E-state index in [-0.39, 0.29) is 25.3 Å². The Balaban J connectivity index is 1.69. The summed E-state index contributed by atoms with van der Waals surface area (Å²) in [5.74, 6) is -5.83. The van der Waals surface area contributed by atoms with Gasteiger partial charge in [0, 0.05) is 32.0 Å². The van der Waals surface area contributed by atoms with Crippen LogP contribution in [0.1, 0.15) is 38.7 Å². The normalized spacial score (nSPS) is 18.3. The number of pyridine rings is 1. The van der Waals surface area contributed by atoms with E-state index in [0.717, 1.165) is 23.1 Å². The number of hydrogen-bond donors (Lipinski definition) is 1. The number of nitrogens with one attached hydrogen (secondary N) is 1. The first-order valence-electron chi connectivity index (χ1n) is 13.3. The molecule has 2 saturated heterocycles. The lowest BCUT2D eigenvalue weighted by Crippen LogP contribution is -2.50. The van der Waals surface area contributed by atoms with E-state index < -0.39 is 59.6 Å². The Morgan fingerprint density at radius 3 is 2.23 bits per heavy atom. The van der Waals surface area contributed by atoms with Crippen LogP contribution < -0.4 is 15.0 Å². The van der Waals surface area contributed by atoms with Crippen LogP contribution in [0, 0.1) is 0 Å². The summed E-state index contributed by atoms with van der Waals surface area (Å²) in [5.41, 5.74) is -1.79. The van der Waals surface area contributed by atoms with Crippen LogP contribution >= 0.6 is 0 Å². The molecule has 1 unspecified atom stereocenters. The van der Waals surface area contributed by atoms with Crippen molar-refractivity contribution in [1.29, 1.82) is 0 Å². The Morgan fingerprint density at radius 2 is 1.64 bits per heavy atom. The molecular formula is C27H27F6N5O6. The van der Waals surface area contributed by atoms with E-state index in [0.29, 0.717) is 29.7 Å². The van der Waals surface area contributed by atoms with Crippen LogP contribution in [0.4, 0.5) is 42.5 Å². The van der Waals surface area contributed by atoms with Crippen LogP contribution in [0.3, 0.4) is 0 Å². The maximum Gasteiger partial charge on any atom is 0.573 e. The fraction of sp³-hybridized carbons (Fsp3) is 0.444. The molecule has 2 fully saturated rings. The molecule has 0 aliphatic carbocycles. The van der Waals surface area contributed by atoms with Gasteiger partial charge in [-0.05, 0) is 62.6 Å². The molecule has 3 heterocycles. The van der Waals surface area contributed by atoms with Gasteiger partial charge in [0.05, 0.1) is 11.4 Å². The van der Waals surface area contributed by atoms with Crippen molar-refractivity contribution in [2.45, 2.75) is 64.0 Å².